The van der Waals surface area contributed by atoms with Gasteiger partial charge in [-0.05, 0) is 66.2 Å². The van der Waals surface area contributed by atoms with E-state index in [0.717, 1.165) is 16.0 Å². The van der Waals surface area contributed by atoms with Crippen molar-refractivity contribution in [3.8, 4) is 11.8 Å². The summed E-state index contributed by atoms with van der Waals surface area (Å²) >= 11 is 5.13. The Morgan fingerprint density at radius 1 is 1.08 bits per heavy atom. The maximum atomic E-state index is 14.4. The van der Waals surface area contributed by atoms with Gasteiger partial charge >= 0.3 is 0 Å². The number of amides is 2. The second-order valence-corrected chi connectivity index (χ2v) is 8.21. The normalized spacial score (nSPS) is 14.4. The van der Waals surface area contributed by atoms with Gasteiger partial charge in [0.2, 0.25) is 0 Å². The summed E-state index contributed by atoms with van der Waals surface area (Å²) in [5.41, 5.74) is 2.39. The van der Waals surface area contributed by atoms with Gasteiger partial charge in [-0.15, -0.1) is 6.58 Å². The first-order valence-electron chi connectivity index (χ1n) is 10.9. The van der Waals surface area contributed by atoms with Crippen LogP contribution in [0.1, 0.15) is 22.3 Å². The second kappa shape index (κ2) is 10.8. The van der Waals surface area contributed by atoms with Crippen LogP contribution >= 0.6 is 12.2 Å². The quantitative estimate of drug-likeness (QED) is 0.219. The standard InChI is InChI=1S/C28H20FN3O3S/c1-2-7-19-14-18(12-13-25(19)35-17-21-9-4-3-8-20(21)16-30)15-22-26(33)31-28(36)32(27(22)34)24-11-6-5-10-23(24)29/h2-6,8-15H,1,7,17H2,(H,31,33,36)/b22-15+. The molecule has 1 saturated heterocycles. The average molecular weight is 498 g/mol. The maximum Gasteiger partial charge on any atom is 0.270 e. The first kappa shape index (κ1) is 24.5. The third-order valence-corrected chi connectivity index (χ3v) is 5.76. The molecule has 1 heterocycles. The number of anilines is 1. The molecular formula is C28H20FN3O3S. The first-order valence-corrected chi connectivity index (χ1v) is 11.3. The minimum absolute atomic E-state index is 0.0489. The molecule has 3 aromatic carbocycles. The molecule has 0 unspecified atom stereocenters. The van der Waals surface area contributed by atoms with Crippen molar-refractivity contribution in [2.45, 2.75) is 13.0 Å². The number of hydrogen-bond acceptors (Lipinski definition) is 5. The van der Waals surface area contributed by atoms with E-state index in [0.29, 0.717) is 23.3 Å². The van der Waals surface area contributed by atoms with E-state index < -0.39 is 17.6 Å². The summed E-state index contributed by atoms with van der Waals surface area (Å²) in [6.07, 6.45) is 3.60. The van der Waals surface area contributed by atoms with E-state index in [2.05, 4.69) is 18.0 Å². The molecule has 0 saturated carbocycles. The van der Waals surface area contributed by atoms with E-state index in [1.165, 1.54) is 24.3 Å². The van der Waals surface area contributed by atoms with Gasteiger partial charge in [-0.1, -0.05) is 42.5 Å². The smallest absolute Gasteiger partial charge is 0.270 e. The van der Waals surface area contributed by atoms with Crippen LogP contribution < -0.4 is 15.0 Å². The fraction of sp³-hybridized carbons (Fsp3) is 0.0714. The van der Waals surface area contributed by atoms with Gasteiger partial charge in [-0.25, -0.2) is 9.29 Å². The van der Waals surface area contributed by atoms with Crippen LogP contribution in [0.25, 0.3) is 6.08 Å². The lowest BCUT2D eigenvalue weighted by Crippen LogP contribution is -2.54. The lowest BCUT2D eigenvalue weighted by molar-refractivity contribution is -0.122. The van der Waals surface area contributed by atoms with E-state index in [-0.39, 0.29) is 23.0 Å². The van der Waals surface area contributed by atoms with Gasteiger partial charge in [-0.2, -0.15) is 5.26 Å². The number of allylic oxidation sites excluding steroid dienone is 1. The molecule has 1 N–H and O–H groups in total. The summed E-state index contributed by atoms with van der Waals surface area (Å²) < 4.78 is 20.3. The molecular weight excluding hydrogens is 477 g/mol. The lowest BCUT2D eigenvalue weighted by atomic mass is 10.0. The van der Waals surface area contributed by atoms with Gasteiger partial charge in [0.1, 0.15) is 23.7 Å². The number of nitrogens with one attached hydrogen (secondary N) is 1. The highest BCUT2D eigenvalue weighted by atomic mass is 32.1. The minimum Gasteiger partial charge on any atom is -0.489 e. The number of carbonyl (C=O) groups excluding carboxylic acids is 2. The topological polar surface area (TPSA) is 82.4 Å². The average Bonchev–Trinajstić information content (AvgIpc) is 2.87. The van der Waals surface area contributed by atoms with Crippen molar-refractivity contribution in [3.05, 3.63) is 113 Å². The van der Waals surface area contributed by atoms with Gasteiger partial charge in [0.05, 0.1) is 17.3 Å². The molecule has 4 rings (SSSR count). The Morgan fingerprint density at radius 2 is 1.83 bits per heavy atom. The van der Waals surface area contributed by atoms with Gasteiger partial charge in [0, 0.05) is 5.56 Å². The van der Waals surface area contributed by atoms with Crippen molar-refractivity contribution in [3.63, 3.8) is 0 Å². The molecule has 0 radical (unpaired) electrons. The van der Waals surface area contributed by atoms with Crippen molar-refractivity contribution in [1.82, 2.24) is 5.32 Å². The zero-order chi connectivity index (χ0) is 25.7. The highest BCUT2D eigenvalue weighted by Crippen LogP contribution is 2.27. The van der Waals surface area contributed by atoms with Crippen molar-refractivity contribution >= 4 is 40.9 Å². The summed E-state index contributed by atoms with van der Waals surface area (Å²) in [5, 5.41) is 11.6. The Labute approximate surface area is 212 Å². The van der Waals surface area contributed by atoms with Crippen LogP contribution in [0.3, 0.4) is 0 Å². The van der Waals surface area contributed by atoms with Crippen LogP contribution in [0.5, 0.6) is 5.75 Å². The van der Waals surface area contributed by atoms with E-state index in [1.54, 1.807) is 42.5 Å². The Balaban J connectivity index is 1.64. The first-order chi connectivity index (χ1) is 17.4. The maximum absolute atomic E-state index is 14.4. The molecule has 36 heavy (non-hydrogen) atoms. The van der Waals surface area contributed by atoms with Crippen molar-refractivity contribution in [1.29, 1.82) is 5.26 Å². The Morgan fingerprint density at radius 3 is 2.58 bits per heavy atom. The summed E-state index contributed by atoms with van der Waals surface area (Å²) in [6, 6.07) is 20.2. The summed E-state index contributed by atoms with van der Waals surface area (Å²) in [7, 11) is 0. The molecule has 0 atom stereocenters. The number of halogens is 1. The highest BCUT2D eigenvalue weighted by Gasteiger charge is 2.35. The molecule has 1 aliphatic rings. The number of rotatable bonds is 7. The minimum atomic E-state index is -0.729. The van der Waals surface area contributed by atoms with Crippen molar-refractivity contribution < 1.29 is 18.7 Å². The predicted octanol–water partition coefficient (Wildman–Crippen LogP) is 4.84. The fourth-order valence-electron chi connectivity index (χ4n) is 3.73. The molecule has 8 heteroatoms. The molecule has 1 fully saturated rings. The largest absolute Gasteiger partial charge is 0.489 e. The van der Waals surface area contributed by atoms with Gasteiger partial charge < -0.3 is 4.74 Å². The number of thiocarbonyl (C=S) groups is 1. The number of nitrogens with zero attached hydrogens (tertiary/aromatic N) is 2. The molecule has 6 nitrogen and oxygen atoms in total. The van der Waals surface area contributed by atoms with Gasteiger partial charge in [0.25, 0.3) is 11.8 Å². The van der Waals surface area contributed by atoms with Crippen LogP contribution in [-0.4, -0.2) is 16.9 Å². The zero-order valence-electron chi connectivity index (χ0n) is 19.0. The SMILES string of the molecule is C=CCc1cc(/C=C2\C(=O)NC(=S)N(c3ccccc3F)C2=O)ccc1OCc1ccccc1C#N. The Hall–Kier alpha value is -4.61. The zero-order valence-corrected chi connectivity index (χ0v) is 19.8. The lowest BCUT2D eigenvalue weighted by Gasteiger charge is -2.29. The molecule has 1 aliphatic heterocycles. The molecule has 0 spiro atoms. The number of para-hydroxylation sites is 1. The number of hydrogen-bond donors (Lipinski definition) is 1. The fourth-order valence-corrected chi connectivity index (χ4v) is 4.01. The summed E-state index contributed by atoms with van der Waals surface area (Å²) in [5.74, 6) is -1.46. The summed E-state index contributed by atoms with van der Waals surface area (Å²) in [4.78, 5) is 26.7. The van der Waals surface area contributed by atoms with E-state index in [4.69, 9.17) is 17.0 Å². The van der Waals surface area contributed by atoms with Crippen LogP contribution in [0.4, 0.5) is 10.1 Å². The van der Waals surface area contributed by atoms with Crippen LogP contribution in [0.15, 0.2) is 85.0 Å². The number of carbonyl (C=O) groups is 2. The highest BCUT2D eigenvalue weighted by molar-refractivity contribution is 7.80. The van der Waals surface area contributed by atoms with Crippen molar-refractivity contribution in [2.75, 3.05) is 4.90 Å². The molecule has 2 amide bonds. The second-order valence-electron chi connectivity index (χ2n) is 7.83. The number of ether oxygens (including phenoxy) is 1. The van der Waals surface area contributed by atoms with Crippen LogP contribution in [0, 0.1) is 17.1 Å². The van der Waals surface area contributed by atoms with E-state index in [9.17, 15) is 19.2 Å². The molecule has 0 bridgehead atoms. The van der Waals surface area contributed by atoms with E-state index in [1.807, 2.05) is 12.1 Å². The van der Waals surface area contributed by atoms with Crippen molar-refractivity contribution in [2.24, 2.45) is 0 Å². The molecule has 178 valence electrons. The monoisotopic (exact) mass is 497 g/mol. The van der Waals surface area contributed by atoms with Gasteiger partial charge in [0.15, 0.2) is 5.11 Å². The van der Waals surface area contributed by atoms with E-state index >= 15 is 0 Å². The van der Waals surface area contributed by atoms with Gasteiger partial charge in [-0.3, -0.25) is 14.9 Å². The molecule has 0 aliphatic carbocycles. The summed E-state index contributed by atoms with van der Waals surface area (Å²) in [6.45, 7) is 3.98. The Bertz CT molecular complexity index is 1460. The third kappa shape index (κ3) is 5.06. The Kier molecular flexibility index (Phi) is 7.33. The van der Waals surface area contributed by atoms with Crippen LogP contribution in [0.2, 0.25) is 0 Å². The number of nitriles is 1. The predicted molar refractivity (Wildman–Crippen MR) is 138 cm³/mol. The number of benzene rings is 3. The molecule has 3 aromatic rings. The third-order valence-electron chi connectivity index (χ3n) is 5.48. The van der Waals surface area contributed by atoms with Crippen LogP contribution in [-0.2, 0) is 22.6 Å². The molecule has 0 aromatic heterocycles.